The number of esters is 2. The smallest absolute Gasteiger partial charge is 0.328 e. The summed E-state index contributed by atoms with van der Waals surface area (Å²) in [5.41, 5.74) is 6.91. The standard InChI is InChI=1S/C29H35N3O6/c1-17(33)36-26-21-11-12-29(5,6)38-24(21)19-9-7-8-10-20(19)25(26)37-27(35)22(30)13-18-15-31-16-32(18)23(34)14-28(2,3)4/h7-10,15-16,22H,11-14,30H2,1-6H3/p+1. The van der Waals surface area contributed by atoms with Crippen LogP contribution in [0.4, 0.5) is 0 Å². The molecule has 3 N–H and O–H groups in total. The van der Waals surface area contributed by atoms with Crippen LogP contribution < -0.4 is 24.9 Å². The average Bonchev–Trinajstić information content (AvgIpc) is 3.27. The number of aromatic nitrogens is 2. The molecular weight excluding hydrogens is 486 g/mol. The van der Waals surface area contributed by atoms with Crippen molar-refractivity contribution < 1.29 is 33.6 Å². The lowest BCUT2D eigenvalue weighted by atomic mass is 9.91. The van der Waals surface area contributed by atoms with E-state index in [0.717, 1.165) is 5.39 Å². The summed E-state index contributed by atoms with van der Waals surface area (Å²) in [5, 5.41) is 1.32. The molecule has 9 nitrogen and oxygen atoms in total. The zero-order valence-electron chi connectivity index (χ0n) is 22.8. The second-order valence-corrected chi connectivity index (χ2v) is 11.6. The number of ether oxygens (including phenoxy) is 3. The van der Waals surface area contributed by atoms with E-state index in [1.807, 2.05) is 46.8 Å². The third kappa shape index (κ3) is 5.88. The highest BCUT2D eigenvalue weighted by Gasteiger charge is 2.35. The van der Waals surface area contributed by atoms with E-state index in [9.17, 15) is 14.4 Å². The Morgan fingerprint density at radius 3 is 2.47 bits per heavy atom. The van der Waals surface area contributed by atoms with Crippen LogP contribution in [0, 0.1) is 5.41 Å². The number of aromatic amines is 1. The number of fused-ring (bicyclic) bond motifs is 3. The molecular formula is C29H36N3O6+. The Morgan fingerprint density at radius 1 is 1.13 bits per heavy atom. The van der Waals surface area contributed by atoms with Crippen LogP contribution >= 0.6 is 0 Å². The summed E-state index contributed by atoms with van der Waals surface area (Å²) in [6.07, 6.45) is 4.86. The van der Waals surface area contributed by atoms with Gasteiger partial charge in [0, 0.05) is 29.7 Å². The molecule has 1 aliphatic heterocycles. The molecule has 38 heavy (non-hydrogen) atoms. The minimum Gasteiger partial charge on any atom is -0.487 e. The molecule has 1 unspecified atom stereocenters. The fourth-order valence-electron chi connectivity index (χ4n) is 4.63. The van der Waals surface area contributed by atoms with Gasteiger partial charge in [0.05, 0.1) is 6.42 Å². The monoisotopic (exact) mass is 522 g/mol. The van der Waals surface area contributed by atoms with Gasteiger partial charge in [-0.1, -0.05) is 45.0 Å². The van der Waals surface area contributed by atoms with Crippen LogP contribution in [0.5, 0.6) is 17.2 Å². The molecule has 0 bridgehead atoms. The van der Waals surface area contributed by atoms with Crippen LogP contribution in [-0.4, -0.2) is 34.1 Å². The number of benzene rings is 2. The van der Waals surface area contributed by atoms with Crippen molar-refractivity contribution in [3.8, 4) is 17.2 Å². The van der Waals surface area contributed by atoms with Crippen molar-refractivity contribution >= 4 is 28.6 Å². The Balaban J connectivity index is 1.68. The highest BCUT2D eigenvalue weighted by Crippen LogP contribution is 2.50. The number of nitrogens with two attached hydrogens (primary N) is 1. The van der Waals surface area contributed by atoms with Gasteiger partial charge in [0.15, 0.2) is 17.2 Å². The lowest BCUT2D eigenvalue weighted by Crippen LogP contribution is -2.37. The van der Waals surface area contributed by atoms with E-state index in [4.69, 9.17) is 19.9 Å². The van der Waals surface area contributed by atoms with Crippen molar-refractivity contribution in [2.24, 2.45) is 11.1 Å². The first-order valence-electron chi connectivity index (χ1n) is 12.8. The Kier molecular flexibility index (Phi) is 7.34. The van der Waals surface area contributed by atoms with Crippen molar-refractivity contribution in [3.05, 3.63) is 48.0 Å². The predicted molar refractivity (Wildman–Crippen MR) is 141 cm³/mol. The maximum Gasteiger partial charge on any atom is 0.328 e. The highest BCUT2D eigenvalue weighted by atomic mass is 16.6. The van der Waals surface area contributed by atoms with E-state index in [2.05, 4.69) is 4.98 Å². The molecule has 202 valence electrons. The maximum absolute atomic E-state index is 13.3. The van der Waals surface area contributed by atoms with Gasteiger partial charge in [-0.05, 0) is 32.1 Å². The van der Waals surface area contributed by atoms with Crippen LogP contribution in [0.25, 0.3) is 10.8 Å². The van der Waals surface area contributed by atoms with Crippen LogP contribution in [0.2, 0.25) is 0 Å². The Labute approximate surface area is 222 Å². The SMILES string of the molecule is CC(=O)Oc1c2c(c3ccccc3c1OC(=O)C(N)Cc1c[nH+]cn1C(=O)CC(C)(C)C)OC(C)(C)CC2. The molecule has 1 atom stereocenters. The molecule has 2 heterocycles. The molecule has 0 aliphatic carbocycles. The van der Waals surface area contributed by atoms with Gasteiger partial charge in [0.1, 0.15) is 23.6 Å². The van der Waals surface area contributed by atoms with Crippen molar-refractivity contribution in [1.29, 1.82) is 0 Å². The van der Waals surface area contributed by atoms with E-state index in [1.165, 1.54) is 11.5 Å². The first kappa shape index (κ1) is 27.3. The number of nitrogens with one attached hydrogen (secondary N) is 1. The van der Waals surface area contributed by atoms with Crippen molar-refractivity contribution in [2.45, 2.75) is 78.9 Å². The fraction of sp³-hybridized carbons (Fsp3) is 0.448. The molecule has 4 rings (SSSR count). The Bertz CT molecular complexity index is 1400. The second kappa shape index (κ2) is 10.2. The number of rotatable bonds is 6. The number of imidazole rings is 1. The van der Waals surface area contributed by atoms with Gasteiger partial charge in [-0.15, -0.1) is 0 Å². The van der Waals surface area contributed by atoms with Gasteiger partial charge in [0.25, 0.3) is 0 Å². The van der Waals surface area contributed by atoms with Gasteiger partial charge in [-0.3, -0.25) is 4.79 Å². The number of hydrogen-bond donors (Lipinski definition) is 1. The molecule has 9 heteroatoms. The topological polar surface area (TPSA) is 124 Å². The minimum absolute atomic E-state index is 0.0707. The lowest BCUT2D eigenvalue weighted by Gasteiger charge is -2.34. The Morgan fingerprint density at radius 2 is 1.82 bits per heavy atom. The molecule has 0 amide bonds. The Hall–Kier alpha value is -3.72. The first-order valence-corrected chi connectivity index (χ1v) is 12.8. The largest absolute Gasteiger partial charge is 0.487 e. The average molecular weight is 523 g/mol. The fourth-order valence-corrected chi connectivity index (χ4v) is 4.63. The molecule has 3 aromatic rings. The zero-order valence-corrected chi connectivity index (χ0v) is 22.8. The van der Waals surface area contributed by atoms with Crippen LogP contribution in [-0.2, 0) is 22.4 Å². The molecule has 1 aromatic heterocycles. The predicted octanol–water partition coefficient (Wildman–Crippen LogP) is 4.04. The van der Waals surface area contributed by atoms with Gasteiger partial charge in [-0.2, -0.15) is 4.57 Å². The number of carbonyl (C=O) groups is 3. The van der Waals surface area contributed by atoms with Crippen molar-refractivity contribution in [1.82, 2.24) is 4.57 Å². The number of carbonyl (C=O) groups excluding carboxylic acids is 3. The molecule has 2 aromatic carbocycles. The third-order valence-corrected chi connectivity index (χ3v) is 6.42. The van der Waals surface area contributed by atoms with Gasteiger partial charge in [0.2, 0.25) is 6.33 Å². The van der Waals surface area contributed by atoms with E-state index in [-0.39, 0.29) is 29.2 Å². The summed E-state index contributed by atoms with van der Waals surface area (Å²) in [5.74, 6) is -0.447. The van der Waals surface area contributed by atoms with E-state index in [1.54, 1.807) is 24.7 Å². The van der Waals surface area contributed by atoms with Crippen LogP contribution in [0.15, 0.2) is 36.8 Å². The zero-order chi connectivity index (χ0) is 27.8. The van der Waals surface area contributed by atoms with Crippen molar-refractivity contribution in [3.63, 3.8) is 0 Å². The summed E-state index contributed by atoms with van der Waals surface area (Å²) in [6, 6.07) is 6.27. The second-order valence-electron chi connectivity index (χ2n) is 11.6. The lowest BCUT2D eigenvalue weighted by molar-refractivity contribution is -0.377. The van der Waals surface area contributed by atoms with Gasteiger partial charge < -0.3 is 19.9 Å². The van der Waals surface area contributed by atoms with Crippen LogP contribution in [0.1, 0.15) is 70.4 Å². The molecule has 0 saturated carbocycles. The number of nitrogens with zero attached hydrogens (tertiary/aromatic N) is 1. The number of hydrogen-bond acceptors (Lipinski definition) is 7. The molecule has 0 radical (unpaired) electrons. The van der Waals surface area contributed by atoms with Gasteiger partial charge in [-0.25, -0.2) is 14.6 Å². The number of H-pyrrole nitrogens is 1. The van der Waals surface area contributed by atoms with Crippen LogP contribution in [0.3, 0.4) is 0 Å². The maximum atomic E-state index is 13.3. The normalized spacial score (nSPS) is 15.3. The summed E-state index contributed by atoms with van der Waals surface area (Å²) in [4.78, 5) is 41.1. The van der Waals surface area contributed by atoms with Crippen molar-refractivity contribution in [2.75, 3.05) is 0 Å². The quantitative estimate of drug-likeness (QED) is 0.383. The molecule has 0 fully saturated rings. The van der Waals surface area contributed by atoms with E-state index in [0.29, 0.717) is 41.7 Å². The third-order valence-electron chi connectivity index (χ3n) is 6.42. The highest BCUT2D eigenvalue weighted by molar-refractivity contribution is 6.00. The summed E-state index contributed by atoms with van der Waals surface area (Å²) < 4.78 is 19.3. The van der Waals surface area contributed by atoms with Gasteiger partial charge >= 0.3 is 17.8 Å². The molecule has 1 aliphatic rings. The molecule has 0 saturated heterocycles. The molecule has 0 spiro atoms. The summed E-state index contributed by atoms with van der Waals surface area (Å²) in [7, 11) is 0. The summed E-state index contributed by atoms with van der Waals surface area (Å²) in [6.45, 7) is 11.3. The van der Waals surface area contributed by atoms with E-state index >= 15 is 0 Å². The van der Waals surface area contributed by atoms with E-state index < -0.39 is 23.6 Å². The summed E-state index contributed by atoms with van der Waals surface area (Å²) >= 11 is 0. The minimum atomic E-state index is -1.07. The first-order chi connectivity index (χ1) is 17.8.